The molecule has 1 aromatic heterocycles. The topological polar surface area (TPSA) is 101 Å². The smallest absolute Gasteiger partial charge is 0.232 e. The van der Waals surface area contributed by atoms with Crippen LogP contribution >= 0.6 is 0 Å². The van der Waals surface area contributed by atoms with Crippen LogP contribution in [-0.2, 0) is 11.2 Å². The van der Waals surface area contributed by atoms with E-state index >= 15 is 0 Å². The van der Waals surface area contributed by atoms with Crippen LogP contribution in [0.1, 0.15) is 51.8 Å². The lowest BCUT2D eigenvalue weighted by molar-refractivity contribution is -0.118. The molecule has 0 aliphatic carbocycles. The maximum absolute atomic E-state index is 14.1. The molecular weight excluding hydrogens is 399 g/mol. The molecule has 168 valence electrons. The van der Waals surface area contributed by atoms with Crippen molar-refractivity contribution in [3.05, 3.63) is 29.8 Å². The summed E-state index contributed by atoms with van der Waals surface area (Å²) in [7, 11) is 1.42. The lowest BCUT2D eigenvalue weighted by Crippen LogP contribution is -2.40. The first-order valence-electron chi connectivity index (χ1n) is 10.9. The van der Waals surface area contributed by atoms with E-state index in [-0.39, 0.29) is 29.9 Å². The molecule has 0 saturated carbocycles. The quantitative estimate of drug-likeness (QED) is 0.497. The fraction of sp³-hybridized carbons (Fsp3) is 0.545. The molecule has 1 saturated heterocycles. The molecule has 2 aromatic rings. The van der Waals surface area contributed by atoms with E-state index in [1.54, 1.807) is 6.07 Å². The molecular formula is C22H31FN6O2. The first-order chi connectivity index (χ1) is 15.0. The van der Waals surface area contributed by atoms with E-state index in [1.807, 2.05) is 6.92 Å². The summed E-state index contributed by atoms with van der Waals surface area (Å²) in [6, 6.07) is 5.03. The van der Waals surface area contributed by atoms with E-state index in [1.165, 1.54) is 19.2 Å². The first-order valence-corrected chi connectivity index (χ1v) is 10.9. The van der Waals surface area contributed by atoms with E-state index in [0.29, 0.717) is 29.9 Å². The van der Waals surface area contributed by atoms with Crippen molar-refractivity contribution < 1.29 is 13.9 Å². The molecule has 1 aliphatic rings. The monoisotopic (exact) mass is 430 g/mol. The third kappa shape index (κ3) is 6.33. The minimum Gasteiger partial charge on any atom is -0.494 e. The van der Waals surface area contributed by atoms with Crippen LogP contribution in [0.25, 0.3) is 0 Å². The van der Waals surface area contributed by atoms with Crippen molar-refractivity contribution in [1.29, 1.82) is 0 Å². The predicted octanol–water partition coefficient (Wildman–Crippen LogP) is 3.62. The molecule has 8 nitrogen and oxygen atoms in total. The average molecular weight is 431 g/mol. The highest BCUT2D eigenvalue weighted by molar-refractivity contribution is 5.80. The SMILES string of the molecule is CCCC(=O)Cc1nc(Nc2ccc(OC)c(F)c2)nc(NC(CC)C2CCCN2)n1. The second kappa shape index (κ2) is 11.0. The average Bonchev–Trinajstić information content (AvgIpc) is 3.27. The lowest BCUT2D eigenvalue weighted by Gasteiger charge is -2.24. The fourth-order valence-corrected chi connectivity index (χ4v) is 3.74. The summed E-state index contributed by atoms with van der Waals surface area (Å²) in [4.78, 5) is 25.5. The van der Waals surface area contributed by atoms with Crippen molar-refractivity contribution in [3.8, 4) is 5.75 Å². The lowest BCUT2D eigenvalue weighted by atomic mass is 10.0. The van der Waals surface area contributed by atoms with E-state index < -0.39 is 5.82 Å². The summed E-state index contributed by atoms with van der Waals surface area (Å²) in [5.74, 6) is 0.801. The van der Waals surface area contributed by atoms with E-state index in [0.717, 1.165) is 32.2 Å². The number of anilines is 3. The van der Waals surface area contributed by atoms with Gasteiger partial charge in [-0.15, -0.1) is 0 Å². The Morgan fingerprint density at radius 3 is 2.74 bits per heavy atom. The zero-order valence-electron chi connectivity index (χ0n) is 18.4. The second-order valence-corrected chi connectivity index (χ2v) is 7.70. The highest BCUT2D eigenvalue weighted by Crippen LogP contribution is 2.23. The number of rotatable bonds is 11. The van der Waals surface area contributed by atoms with E-state index in [4.69, 9.17) is 4.74 Å². The Balaban J connectivity index is 1.85. The molecule has 9 heteroatoms. The van der Waals surface area contributed by atoms with Gasteiger partial charge < -0.3 is 20.7 Å². The number of nitrogens with zero attached hydrogens (tertiary/aromatic N) is 3. The molecule has 2 unspecified atom stereocenters. The van der Waals surface area contributed by atoms with Gasteiger partial charge in [-0.25, -0.2) is 4.39 Å². The molecule has 31 heavy (non-hydrogen) atoms. The molecule has 2 heterocycles. The zero-order chi connectivity index (χ0) is 22.2. The summed E-state index contributed by atoms with van der Waals surface area (Å²) >= 11 is 0. The van der Waals surface area contributed by atoms with Gasteiger partial charge in [-0.05, 0) is 44.4 Å². The number of nitrogens with one attached hydrogen (secondary N) is 3. The summed E-state index contributed by atoms with van der Waals surface area (Å²) in [5, 5.41) is 9.93. The number of carbonyl (C=O) groups excluding carboxylic acids is 1. The van der Waals surface area contributed by atoms with Crippen molar-refractivity contribution in [3.63, 3.8) is 0 Å². The molecule has 0 amide bonds. The minimum absolute atomic E-state index is 0.0746. The third-order valence-electron chi connectivity index (χ3n) is 5.31. The van der Waals surface area contributed by atoms with Crippen LogP contribution in [0.3, 0.4) is 0 Å². The molecule has 1 fully saturated rings. The summed E-state index contributed by atoms with van der Waals surface area (Å²) in [6.07, 6.45) is 4.53. The molecule has 1 aromatic carbocycles. The van der Waals surface area contributed by atoms with Gasteiger partial charge in [0.2, 0.25) is 11.9 Å². The van der Waals surface area contributed by atoms with Crippen LogP contribution in [0.4, 0.5) is 22.0 Å². The van der Waals surface area contributed by atoms with Gasteiger partial charge >= 0.3 is 0 Å². The summed E-state index contributed by atoms with van der Waals surface area (Å²) < 4.78 is 19.0. The highest BCUT2D eigenvalue weighted by Gasteiger charge is 2.24. The number of carbonyl (C=O) groups is 1. The second-order valence-electron chi connectivity index (χ2n) is 7.70. The Morgan fingerprint density at radius 1 is 1.29 bits per heavy atom. The molecule has 2 atom stereocenters. The third-order valence-corrected chi connectivity index (χ3v) is 5.31. The van der Waals surface area contributed by atoms with Crippen LogP contribution < -0.4 is 20.7 Å². The van der Waals surface area contributed by atoms with Crippen LogP contribution in [0, 0.1) is 5.82 Å². The number of ketones is 1. The summed E-state index contributed by atoms with van der Waals surface area (Å²) in [6.45, 7) is 5.08. The Bertz CT molecular complexity index is 888. The number of benzene rings is 1. The van der Waals surface area contributed by atoms with Gasteiger partial charge in [0.25, 0.3) is 0 Å². The molecule has 1 aliphatic heterocycles. The van der Waals surface area contributed by atoms with Crippen LogP contribution in [0.5, 0.6) is 5.75 Å². The number of Topliss-reactive ketones (excluding diaryl/α,β-unsaturated/α-hetero) is 1. The zero-order valence-corrected chi connectivity index (χ0v) is 18.4. The van der Waals surface area contributed by atoms with Crippen molar-refractivity contribution in [1.82, 2.24) is 20.3 Å². The Labute approximate surface area is 182 Å². The van der Waals surface area contributed by atoms with Crippen LogP contribution in [-0.4, -0.2) is 46.5 Å². The normalized spacial score (nSPS) is 16.7. The van der Waals surface area contributed by atoms with Crippen LogP contribution in [0.15, 0.2) is 18.2 Å². The van der Waals surface area contributed by atoms with E-state index in [9.17, 15) is 9.18 Å². The maximum atomic E-state index is 14.1. The van der Waals surface area contributed by atoms with Gasteiger partial charge in [0.1, 0.15) is 11.6 Å². The number of ether oxygens (including phenoxy) is 1. The van der Waals surface area contributed by atoms with Crippen molar-refractivity contribution >= 4 is 23.4 Å². The van der Waals surface area contributed by atoms with Crippen LogP contribution in [0.2, 0.25) is 0 Å². The first kappa shape index (κ1) is 22.9. The number of methoxy groups -OCH3 is 1. The van der Waals surface area contributed by atoms with Gasteiger partial charge in [0, 0.05) is 30.3 Å². The van der Waals surface area contributed by atoms with Crippen molar-refractivity contribution in [2.75, 3.05) is 24.3 Å². The fourth-order valence-electron chi connectivity index (χ4n) is 3.74. The number of aromatic nitrogens is 3. The van der Waals surface area contributed by atoms with Crippen molar-refractivity contribution in [2.45, 2.75) is 64.5 Å². The van der Waals surface area contributed by atoms with Gasteiger partial charge in [0.15, 0.2) is 11.6 Å². The van der Waals surface area contributed by atoms with Gasteiger partial charge in [-0.3, -0.25) is 4.79 Å². The Morgan fingerprint density at radius 2 is 2.10 bits per heavy atom. The molecule has 3 N–H and O–H groups in total. The van der Waals surface area contributed by atoms with Crippen molar-refractivity contribution in [2.24, 2.45) is 0 Å². The molecule has 0 spiro atoms. The van der Waals surface area contributed by atoms with Gasteiger partial charge in [-0.1, -0.05) is 13.8 Å². The Hall–Kier alpha value is -2.81. The van der Waals surface area contributed by atoms with Gasteiger partial charge in [0.05, 0.1) is 13.5 Å². The number of hydrogen-bond donors (Lipinski definition) is 3. The highest BCUT2D eigenvalue weighted by atomic mass is 19.1. The number of halogens is 1. The van der Waals surface area contributed by atoms with E-state index in [2.05, 4.69) is 37.8 Å². The maximum Gasteiger partial charge on any atom is 0.232 e. The minimum atomic E-state index is -0.489. The molecule has 0 bridgehead atoms. The number of hydrogen-bond acceptors (Lipinski definition) is 8. The predicted molar refractivity (Wildman–Crippen MR) is 118 cm³/mol. The van der Waals surface area contributed by atoms with Gasteiger partial charge in [-0.2, -0.15) is 15.0 Å². The summed E-state index contributed by atoms with van der Waals surface area (Å²) in [5.41, 5.74) is 0.478. The standard InChI is InChI=1S/C22H31FN6O2/c1-4-7-15(30)13-20-27-21(25-14-9-10-19(31-3)16(23)12-14)29-22(28-20)26-17(5-2)18-8-6-11-24-18/h9-10,12,17-18,24H,4-8,11,13H2,1-3H3,(H2,25,26,27,28,29). The largest absolute Gasteiger partial charge is 0.494 e. The molecule has 3 rings (SSSR count). The molecule has 0 radical (unpaired) electrons. The Kier molecular flexibility index (Phi) is 8.11.